The molecular weight excluding hydrogens is 196 g/mol. The molecule has 0 N–H and O–H groups in total. The van der Waals surface area contributed by atoms with Gasteiger partial charge in [-0.2, -0.15) is 0 Å². The van der Waals surface area contributed by atoms with E-state index in [0.717, 1.165) is 11.8 Å². The van der Waals surface area contributed by atoms with Crippen LogP contribution in [0.5, 0.6) is 0 Å². The van der Waals surface area contributed by atoms with Gasteiger partial charge in [-0.15, -0.1) is 0 Å². The van der Waals surface area contributed by atoms with Gasteiger partial charge in [0.15, 0.2) is 0 Å². The fourth-order valence-corrected chi connectivity index (χ4v) is 3.60. The zero-order chi connectivity index (χ0) is 10.5. The van der Waals surface area contributed by atoms with Crippen LogP contribution in [0.1, 0.15) is 36.1 Å². The fraction of sp³-hybridized carbons (Fsp3) is 0.429. The summed E-state index contributed by atoms with van der Waals surface area (Å²) >= 11 is 0. The molecule has 2 heteroatoms. The molecule has 0 fully saturated rings. The minimum atomic E-state index is 0.756. The molecule has 0 amide bonds. The molecule has 0 spiro atoms. The van der Waals surface area contributed by atoms with Crippen molar-refractivity contribution >= 4 is 0 Å². The van der Waals surface area contributed by atoms with E-state index in [1.54, 1.807) is 11.4 Å². The van der Waals surface area contributed by atoms with Gasteiger partial charge in [0.1, 0.15) is 0 Å². The quantitative estimate of drug-likeness (QED) is 0.687. The molecule has 2 aliphatic rings. The van der Waals surface area contributed by atoms with Gasteiger partial charge in [0.2, 0.25) is 0 Å². The highest BCUT2D eigenvalue weighted by atomic mass is 15.0. The first kappa shape index (κ1) is 8.68. The van der Waals surface area contributed by atoms with E-state index in [4.69, 9.17) is 0 Å². The summed E-state index contributed by atoms with van der Waals surface area (Å²) in [5.74, 6) is 1.51. The Morgan fingerprint density at radius 3 is 1.81 bits per heavy atom. The van der Waals surface area contributed by atoms with E-state index in [9.17, 15) is 0 Å². The monoisotopic (exact) mass is 212 g/mol. The van der Waals surface area contributed by atoms with Crippen LogP contribution in [-0.2, 0) is 13.1 Å². The Balaban J connectivity index is 1.75. The number of nitrogens with zero attached hydrogens (tertiary/aromatic N) is 2. The van der Waals surface area contributed by atoms with Crippen molar-refractivity contribution in [1.82, 2.24) is 9.13 Å². The summed E-state index contributed by atoms with van der Waals surface area (Å²) in [7, 11) is 0. The second-order valence-corrected chi connectivity index (χ2v) is 5.04. The van der Waals surface area contributed by atoms with Gasteiger partial charge in [-0.3, -0.25) is 0 Å². The van der Waals surface area contributed by atoms with Gasteiger partial charge in [-0.25, -0.2) is 0 Å². The van der Waals surface area contributed by atoms with E-state index in [1.807, 2.05) is 0 Å². The van der Waals surface area contributed by atoms with Crippen LogP contribution in [0.3, 0.4) is 0 Å². The van der Waals surface area contributed by atoms with Crippen molar-refractivity contribution in [3.63, 3.8) is 0 Å². The Hall–Kier alpha value is -1.44. The van der Waals surface area contributed by atoms with Gasteiger partial charge >= 0.3 is 0 Å². The normalized spacial score (nSPS) is 27.0. The third-order valence-electron chi connectivity index (χ3n) is 4.34. The molecule has 0 radical (unpaired) electrons. The Labute approximate surface area is 95.5 Å². The SMILES string of the molecule is c1cc2n(c1)CCC2C1CCn2cccc21. The van der Waals surface area contributed by atoms with Crippen molar-refractivity contribution in [3.8, 4) is 0 Å². The Bertz CT molecular complexity index is 472. The number of aromatic nitrogens is 2. The molecule has 2 aromatic heterocycles. The number of aryl methyl sites for hydroxylation is 2. The Morgan fingerprint density at radius 1 is 0.812 bits per heavy atom. The van der Waals surface area contributed by atoms with Crippen molar-refractivity contribution in [2.75, 3.05) is 0 Å². The highest BCUT2D eigenvalue weighted by Crippen LogP contribution is 2.45. The number of hydrogen-bond acceptors (Lipinski definition) is 0. The van der Waals surface area contributed by atoms with Gasteiger partial charge in [-0.05, 0) is 37.1 Å². The lowest BCUT2D eigenvalue weighted by molar-refractivity contribution is 0.528. The van der Waals surface area contributed by atoms with Crippen LogP contribution in [0.25, 0.3) is 0 Å². The van der Waals surface area contributed by atoms with Crippen molar-refractivity contribution in [2.45, 2.75) is 37.8 Å². The van der Waals surface area contributed by atoms with E-state index >= 15 is 0 Å². The Kier molecular flexibility index (Phi) is 1.65. The van der Waals surface area contributed by atoms with Gasteiger partial charge in [-0.1, -0.05) is 0 Å². The summed E-state index contributed by atoms with van der Waals surface area (Å²) in [6.45, 7) is 2.43. The van der Waals surface area contributed by atoms with Crippen LogP contribution in [-0.4, -0.2) is 9.13 Å². The van der Waals surface area contributed by atoms with E-state index < -0.39 is 0 Å². The van der Waals surface area contributed by atoms with Crippen molar-refractivity contribution in [2.24, 2.45) is 0 Å². The van der Waals surface area contributed by atoms with Crippen LogP contribution in [0, 0.1) is 0 Å². The average molecular weight is 212 g/mol. The molecule has 0 saturated heterocycles. The van der Waals surface area contributed by atoms with E-state index in [0.29, 0.717) is 0 Å². The minimum Gasteiger partial charge on any atom is -0.351 e. The van der Waals surface area contributed by atoms with Gasteiger partial charge < -0.3 is 9.13 Å². The third-order valence-corrected chi connectivity index (χ3v) is 4.34. The molecule has 4 rings (SSSR count). The van der Waals surface area contributed by atoms with Crippen molar-refractivity contribution < 1.29 is 0 Å². The fourth-order valence-electron chi connectivity index (χ4n) is 3.60. The maximum atomic E-state index is 2.43. The second kappa shape index (κ2) is 3.03. The zero-order valence-electron chi connectivity index (χ0n) is 9.34. The van der Waals surface area contributed by atoms with Crippen LogP contribution in [0.15, 0.2) is 36.7 Å². The molecule has 0 aromatic carbocycles. The largest absolute Gasteiger partial charge is 0.351 e. The van der Waals surface area contributed by atoms with E-state index in [1.165, 1.54) is 25.9 Å². The topological polar surface area (TPSA) is 9.86 Å². The van der Waals surface area contributed by atoms with Crippen molar-refractivity contribution in [3.05, 3.63) is 48.0 Å². The van der Waals surface area contributed by atoms with E-state index in [2.05, 4.69) is 45.8 Å². The molecule has 2 nitrogen and oxygen atoms in total. The summed E-state index contributed by atoms with van der Waals surface area (Å²) in [5, 5.41) is 0. The molecule has 82 valence electrons. The lowest BCUT2D eigenvalue weighted by atomic mass is 9.85. The van der Waals surface area contributed by atoms with Crippen LogP contribution in [0.4, 0.5) is 0 Å². The van der Waals surface area contributed by atoms with Crippen molar-refractivity contribution in [1.29, 1.82) is 0 Å². The zero-order valence-corrected chi connectivity index (χ0v) is 9.34. The highest BCUT2D eigenvalue weighted by molar-refractivity contribution is 5.27. The second-order valence-electron chi connectivity index (χ2n) is 5.04. The Morgan fingerprint density at radius 2 is 1.31 bits per heavy atom. The first-order valence-corrected chi connectivity index (χ1v) is 6.23. The number of hydrogen-bond donors (Lipinski definition) is 0. The molecule has 16 heavy (non-hydrogen) atoms. The van der Waals surface area contributed by atoms with E-state index in [-0.39, 0.29) is 0 Å². The molecular formula is C14H16N2. The predicted octanol–water partition coefficient (Wildman–Crippen LogP) is 2.96. The van der Waals surface area contributed by atoms with Gasteiger partial charge in [0, 0.05) is 48.7 Å². The molecule has 2 unspecified atom stereocenters. The maximum absolute atomic E-state index is 2.43. The van der Waals surface area contributed by atoms with Crippen LogP contribution >= 0.6 is 0 Å². The molecule has 2 aliphatic heterocycles. The smallest absolute Gasteiger partial charge is 0.0229 e. The summed E-state index contributed by atoms with van der Waals surface area (Å²) in [6, 6.07) is 9.00. The molecule has 4 heterocycles. The summed E-state index contributed by atoms with van der Waals surface area (Å²) in [5.41, 5.74) is 3.11. The third kappa shape index (κ3) is 1.02. The molecule has 0 aliphatic carbocycles. The first-order valence-electron chi connectivity index (χ1n) is 6.23. The lowest BCUT2D eigenvalue weighted by Gasteiger charge is -2.17. The first-order chi connectivity index (χ1) is 7.93. The summed E-state index contributed by atoms with van der Waals surface area (Å²) in [6.07, 6.45) is 7.10. The number of rotatable bonds is 1. The highest BCUT2D eigenvalue weighted by Gasteiger charge is 2.34. The van der Waals surface area contributed by atoms with Crippen LogP contribution < -0.4 is 0 Å². The standard InChI is InChI=1S/C14H16N2/c1-3-13-11(5-9-15(13)7-1)12-6-10-16-8-2-4-14(12)16/h1-4,7-8,11-12H,5-6,9-10H2. The summed E-state index contributed by atoms with van der Waals surface area (Å²) < 4.78 is 4.85. The maximum Gasteiger partial charge on any atom is 0.0229 e. The van der Waals surface area contributed by atoms with Gasteiger partial charge in [0.05, 0.1) is 0 Å². The van der Waals surface area contributed by atoms with Crippen LogP contribution in [0.2, 0.25) is 0 Å². The number of fused-ring (bicyclic) bond motifs is 2. The molecule has 0 saturated carbocycles. The average Bonchev–Trinajstić information content (AvgIpc) is 2.97. The molecule has 2 atom stereocenters. The predicted molar refractivity (Wildman–Crippen MR) is 63.6 cm³/mol. The minimum absolute atomic E-state index is 0.756. The summed E-state index contributed by atoms with van der Waals surface area (Å²) in [4.78, 5) is 0. The lowest BCUT2D eigenvalue weighted by Crippen LogP contribution is -2.05. The van der Waals surface area contributed by atoms with Gasteiger partial charge in [0.25, 0.3) is 0 Å². The molecule has 0 bridgehead atoms. The molecule has 2 aromatic rings.